The van der Waals surface area contributed by atoms with Gasteiger partial charge < -0.3 is 18.9 Å². The second-order valence-electron chi connectivity index (χ2n) is 7.18. The van der Waals surface area contributed by atoms with Crippen molar-refractivity contribution in [2.75, 3.05) is 26.9 Å². The van der Waals surface area contributed by atoms with Gasteiger partial charge in [0.15, 0.2) is 0 Å². The van der Waals surface area contributed by atoms with E-state index in [2.05, 4.69) is 0 Å². The highest BCUT2D eigenvalue weighted by molar-refractivity contribution is 5.74. The van der Waals surface area contributed by atoms with Crippen molar-refractivity contribution < 1.29 is 36.9 Å². The molecular formula is C20H27F3O5. The average Bonchev–Trinajstić information content (AvgIpc) is 2.99. The molecule has 0 bridgehead atoms. The number of alkyl halides is 3. The number of rotatable bonds is 10. The molecule has 0 aliphatic carbocycles. The molecule has 0 radical (unpaired) electrons. The summed E-state index contributed by atoms with van der Waals surface area (Å²) in [7, 11) is 1.52. The number of halogens is 3. The van der Waals surface area contributed by atoms with Crippen LogP contribution in [-0.2, 0) is 31.8 Å². The Morgan fingerprint density at radius 1 is 1.25 bits per heavy atom. The van der Waals surface area contributed by atoms with Gasteiger partial charge in [0.2, 0.25) is 0 Å². The van der Waals surface area contributed by atoms with E-state index >= 15 is 0 Å². The molecule has 0 saturated carbocycles. The molecule has 8 heteroatoms. The first-order valence-electron chi connectivity index (χ1n) is 9.32. The normalized spacial score (nSPS) is 19.9. The Hall–Kier alpha value is -1.80. The zero-order chi connectivity index (χ0) is 20.7. The van der Waals surface area contributed by atoms with E-state index in [9.17, 15) is 18.0 Å². The lowest BCUT2D eigenvalue weighted by Gasteiger charge is -2.16. The molecule has 0 N–H and O–H groups in total. The van der Waals surface area contributed by atoms with Crippen molar-refractivity contribution in [3.8, 4) is 5.75 Å². The molecule has 1 fully saturated rings. The van der Waals surface area contributed by atoms with Crippen LogP contribution < -0.4 is 4.74 Å². The van der Waals surface area contributed by atoms with Crippen molar-refractivity contribution in [2.24, 2.45) is 11.8 Å². The van der Waals surface area contributed by atoms with Gasteiger partial charge in [-0.05, 0) is 23.6 Å². The molecule has 1 aliphatic heterocycles. The van der Waals surface area contributed by atoms with Crippen molar-refractivity contribution in [2.45, 2.75) is 45.6 Å². The minimum Gasteiger partial charge on any atom is -0.493 e. The van der Waals surface area contributed by atoms with E-state index in [4.69, 9.17) is 18.9 Å². The molecule has 2 rings (SSSR count). The van der Waals surface area contributed by atoms with Crippen LogP contribution >= 0.6 is 0 Å². The lowest BCUT2D eigenvalue weighted by atomic mass is 9.93. The fourth-order valence-corrected chi connectivity index (χ4v) is 3.03. The van der Waals surface area contributed by atoms with Crippen molar-refractivity contribution in [1.29, 1.82) is 0 Å². The van der Waals surface area contributed by atoms with Gasteiger partial charge in [0.1, 0.15) is 11.9 Å². The van der Waals surface area contributed by atoms with E-state index in [0.717, 1.165) is 6.07 Å². The number of carbonyl (C=O) groups is 1. The van der Waals surface area contributed by atoms with Gasteiger partial charge in [0, 0.05) is 26.6 Å². The molecule has 158 valence electrons. The summed E-state index contributed by atoms with van der Waals surface area (Å²) >= 11 is 0. The molecular weight excluding hydrogens is 377 g/mol. The third-order valence-corrected chi connectivity index (χ3v) is 4.58. The van der Waals surface area contributed by atoms with Gasteiger partial charge in [-0.1, -0.05) is 19.9 Å². The van der Waals surface area contributed by atoms with E-state index < -0.39 is 11.7 Å². The van der Waals surface area contributed by atoms with Crippen molar-refractivity contribution in [3.05, 3.63) is 29.3 Å². The number of benzene rings is 1. The zero-order valence-electron chi connectivity index (χ0n) is 16.4. The first-order chi connectivity index (χ1) is 13.2. The second kappa shape index (κ2) is 10.1. The summed E-state index contributed by atoms with van der Waals surface area (Å²) in [4.78, 5) is 11.8. The van der Waals surface area contributed by atoms with E-state index in [1.165, 1.54) is 19.2 Å². The van der Waals surface area contributed by atoms with Crippen LogP contribution in [0.5, 0.6) is 5.75 Å². The van der Waals surface area contributed by atoms with Gasteiger partial charge in [0.25, 0.3) is 0 Å². The quantitative estimate of drug-likeness (QED) is 0.432. The van der Waals surface area contributed by atoms with E-state index in [-0.39, 0.29) is 49.5 Å². The van der Waals surface area contributed by atoms with Gasteiger partial charge in [0.05, 0.1) is 31.3 Å². The largest absolute Gasteiger partial charge is 0.493 e. The van der Waals surface area contributed by atoms with Crippen LogP contribution in [0.2, 0.25) is 0 Å². The summed E-state index contributed by atoms with van der Waals surface area (Å²) in [5.74, 6) is -0.376. The first kappa shape index (κ1) is 22.5. The Balaban J connectivity index is 1.93. The van der Waals surface area contributed by atoms with Crippen LogP contribution in [0.3, 0.4) is 0 Å². The van der Waals surface area contributed by atoms with Crippen molar-refractivity contribution in [3.63, 3.8) is 0 Å². The van der Waals surface area contributed by atoms with Gasteiger partial charge in [-0.3, -0.25) is 4.79 Å². The number of ether oxygens (including phenoxy) is 4. The number of carbonyl (C=O) groups excluding carboxylic acids is 1. The Bertz CT molecular complexity index is 645. The summed E-state index contributed by atoms with van der Waals surface area (Å²) in [6.07, 6.45) is -3.74. The molecule has 0 spiro atoms. The van der Waals surface area contributed by atoms with E-state index in [1.54, 1.807) is 0 Å². The second-order valence-corrected chi connectivity index (χ2v) is 7.18. The Morgan fingerprint density at radius 2 is 2.00 bits per heavy atom. The van der Waals surface area contributed by atoms with Gasteiger partial charge in [-0.2, -0.15) is 13.2 Å². The standard InChI is InChI=1S/C20H27F3O5/c1-13(2)16-10-15(28-19(16)24)12-26-11-14-5-6-17(20(21,22)23)18(9-14)27-8-4-7-25-3/h5-6,9,13,15-16H,4,7-8,10-12H2,1-3H3/t15?,16-/m0/s1. The van der Waals surface area contributed by atoms with E-state index in [1.807, 2.05) is 13.8 Å². The average molecular weight is 404 g/mol. The Morgan fingerprint density at radius 3 is 2.61 bits per heavy atom. The maximum atomic E-state index is 13.2. The van der Waals surface area contributed by atoms with Crippen LogP contribution in [0.4, 0.5) is 13.2 Å². The molecule has 1 aromatic rings. The highest BCUT2D eigenvalue weighted by Crippen LogP contribution is 2.37. The fraction of sp³-hybridized carbons (Fsp3) is 0.650. The lowest BCUT2D eigenvalue weighted by Crippen LogP contribution is -2.15. The number of methoxy groups -OCH3 is 1. The molecule has 2 atom stereocenters. The Labute approximate surface area is 163 Å². The highest BCUT2D eigenvalue weighted by atomic mass is 19.4. The first-order valence-corrected chi connectivity index (χ1v) is 9.32. The van der Waals surface area contributed by atoms with Crippen molar-refractivity contribution >= 4 is 5.97 Å². The van der Waals surface area contributed by atoms with E-state index in [0.29, 0.717) is 25.0 Å². The van der Waals surface area contributed by atoms with Crippen LogP contribution in [0.25, 0.3) is 0 Å². The molecule has 1 unspecified atom stereocenters. The SMILES string of the molecule is COCCCOc1cc(COCC2C[C@@H](C(C)C)C(=O)O2)ccc1C(F)(F)F. The van der Waals surface area contributed by atoms with Crippen LogP contribution in [0.1, 0.15) is 37.8 Å². The van der Waals surface area contributed by atoms with Crippen LogP contribution in [0.15, 0.2) is 18.2 Å². The lowest BCUT2D eigenvalue weighted by molar-refractivity contribution is -0.147. The van der Waals surface area contributed by atoms with Crippen LogP contribution in [0, 0.1) is 11.8 Å². The summed E-state index contributed by atoms with van der Waals surface area (Å²) in [5.41, 5.74) is -0.266. The summed E-state index contributed by atoms with van der Waals surface area (Å²) < 4.78 is 60.5. The predicted molar refractivity (Wildman–Crippen MR) is 95.9 cm³/mol. The summed E-state index contributed by atoms with van der Waals surface area (Å²) in [6, 6.07) is 3.70. The maximum absolute atomic E-state index is 13.2. The number of cyclic esters (lactones) is 1. The fourth-order valence-electron chi connectivity index (χ4n) is 3.03. The molecule has 1 aromatic carbocycles. The molecule has 0 aromatic heterocycles. The minimum atomic E-state index is -4.50. The number of hydrogen-bond donors (Lipinski definition) is 0. The van der Waals surface area contributed by atoms with Gasteiger partial charge in [-0.15, -0.1) is 0 Å². The third kappa shape index (κ3) is 6.38. The van der Waals surface area contributed by atoms with Crippen molar-refractivity contribution in [1.82, 2.24) is 0 Å². The highest BCUT2D eigenvalue weighted by Gasteiger charge is 2.36. The molecule has 0 amide bonds. The minimum absolute atomic E-state index is 0.104. The summed E-state index contributed by atoms with van der Waals surface area (Å²) in [5, 5.41) is 0. The smallest absolute Gasteiger partial charge is 0.419 e. The molecule has 1 heterocycles. The topological polar surface area (TPSA) is 54.0 Å². The monoisotopic (exact) mass is 404 g/mol. The molecule has 1 aliphatic rings. The van der Waals surface area contributed by atoms with Crippen LogP contribution in [-0.4, -0.2) is 39.0 Å². The molecule has 28 heavy (non-hydrogen) atoms. The number of esters is 1. The zero-order valence-corrected chi connectivity index (χ0v) is 16.4. The van der Waals surface area contributed by atoms with Gasteiger partial charge in [-0.25, -0.2) is 0 Å². The Kier molecular flexibility index (Phi) is 8.12. The molecule has 1 saturated heterocycles. The molecule has 5 nitrogen and oxygen atoms in total. The number of hydrogen-bond acceptors (Lipinski definition) is 5. The van der Waals surface area contributed by atoms with Gasteiger partial charge >= 0.3 is 12.1 Å². The third-order valence-electron chi connectivity index (χ3n) is 4.58. The predicted octanol–water partition coefficient (Wildman–Crippen LogP) is 4.23. The maximum Gasteiger partial charge on any atom is 0.419 e. The summed E-state index contributed by atoms with van der Waals surface area (Å²) in [6.45, 7) is 4.77.